The molecule has 4 nitrogen and oxygen atoms in total. The summed E-state index contributed by atoms with van der Waals surface area (Å²) in [4.78, 5) is 9.77. The Morgan fingerprint density at radius 1 is 1.33 bits per heavy atom. The summed E-state index contributed by atoms with van der Waals surface area (Å²) in [5.74, 6) is 0. The Balaban J connectivity index is 0. The topological polar surface area (TPSA) is 47.6 Å². The van der Waals surface area contributed by atoms with Crippen molar-refractivity contribution in [2.75, 3.05) is 19.8 Å². The molecule has 0 aliphatic heterocycles. The number of rotatable bonds is 7. The maximum Gasteiger partial charge on any atom is 0.172 e. The number of ether oxygens (including phenoxy) is 2. The van der Waals surface area contributed by atoms with Crippen molar-refractivity contribution in [1.82, 2.24) is 5.32 Å². The van der Waals surface area contributed by atoms with Crippen LogP contribution < -0.4 is 5.32 Å². The summed E-state index contributed by atoms with van der Waals surface area (Å²) < 4.78 is 10.2. The Kier molecular flexibility index (Phi) is 13.4. The van der Waals surface area contributed by atoms with Crippen LogP contribution in [0.25, 0.3) is 0 Å². The van der Waals surface area contributed by atoms with E-state index in [4.69, 9.17) is 9.47 Å². The van der Waals surface area contributed by atoms with Crippen LogP contribution in [0.3, 0.4) is 0 Å². The average molecular weight is 346 g/mol. The summed E-state index contributed by atoms with van der Waals surface area (Å²) in [6.45, 7) is 5.24. The normalized spacial score (nSPS) is 9.25. The molecule has 1 amide bonds. The second-order valence-electron chi connectivity index (χ2n) is 1.82. The van der Waals surface area contributed by atoms with Crippen molar-refractivity contribution in [1.29, 1.82) is 0 Å². The number of nitrogens with one attached hydrogen (secondary N) is 1. The molecule has 0 aromatic rings. The molecule has 0 aromatic heterocycles. The van der Waals surface area contributed by atoms with Gasteiger partial charge in [-0.05, 0) is 13.8 Å². The second kappa shape index (κ2) is 11.1. The van der Waals surface area contributed by atoms with E-state index in [-0.39, 0.29) is 26.7 Å². The minimum absolute atomic E-state index is 0. The van der Waals surface area contributed by atoms with Gasteiger partial charge in [0.2, 0.25) is 0 Å². The first-order valence-corrected chi connectivity index (χ1v) is 3.68. The third kappa shape index (κ3) is 8.15. The minimum atomic E-state index is -0.341. The predicted molar refractivity (Wildman–Crippen MR) is 40.7 cm³/mol. The van der Waals surface area contributed by atoms with E-state index in [9.17, 15) is 4.79 Å². The van der Waals surface area contributed by atoms with Crippen molar-refractivity contribution < 1.29 is 34.7 Å². The Morgan fingerprint density at radius 2 is 1.83 bits per heavy atom. The molecule has 0 aliphatic carbocycles. The third-order valence-corrected chi connectivity index (χ3v) is 1.05. The zero-order valence-electron chi connectivity index (χ0n) is 7.30. The average Bonchev–Trinajstić information content (AvgIpc) is 2.01. The Labute approximate surface area is 86.6 Å². The van der Waals surface area contributed by atoms with Gasteiger partial charge in [0.05, 0.1) is 0 Å². The van der Waals surface area contributed by atoms with Crippen LogP contribution in [0.4, 0.5) is 0 Å². The van der Waals surface area contributed by atoms with Gasteiger partial charge in [0, 0.05) is 40.2 Å². The van der Waals surface area contributed by atoms with Crippen LogP contribution in [0.5, 0.6) is 0 Å². The monoisotopic (exact) mass is 347 g/mol. The molecule has 0 heterocycles. The van der Waals surface area contributed by atoms with Crippen LogP contribution in [0.2, 0.25) is 0 Å². The molecule has 0 aromatic carbocycles. The van der Waals surface area contributed by atoms with Gasteiger partial charge in [-0.25, -0.2) is 0 Å². The molecule has 0 atom stereocenters. The van der Waals surface area contributed by atoms with Gasteiger partial charge in [-0.1, -0.05) is 0 Å². The largest absolute Gasteiger partial charge is 0.526 e. The van der Waals surface area contributed by atoms with Crippen LogP contribution in [-0.2, 0) is 34.7 Å². The van der Waals surface area contributed by atoms with Gasteiger partial charge in [-0.3, -0.25) is 0 Å². The van der Waals surface area contributed by atoms with E-state index in [1.165, 1.54) is 0 Å². The first kappa shape index (κ1) is 14.6. The Morgan fingerprint density at radius 3 is 2.17 bits per heavy atom. The zero-order valence-corrected chi connectivity index (χ0v) is 10.0. The smallest absolute Gasteiger partial charge is 0.172 e. The van der Waals surface area contributed by atoms with Crippen molar-refractivity contribution in [2.45, 2.75) is 20.1 Å². The fraction of sp³-hybridized carbons (Fsp3) is 0.857. The molecule has 0 saturated heterocycles. The molecule has 0 rings (SSSR count). The maximum absolute atomic E-state index is 9.77. The number of hydrogen-bond acceptors (Lipinski definition) is 3. The Bertz CT molecular complexity index is 96.7. The molecule has 1 radical (unpaired) electrons. The van der Waals surface area contributed by atoms with Crippen molar-refractivity contribution in [2.24, 2.45) is 0 Å². The Hall–Kier alpha value is 0.0523. The van der Waals surface area contributed by atoms with Crippen molar-refractivity contribution in [3.8, 4) is 0 Å². The molecular weight excluding hydrogens is 332 g/mol. The van der Waals surface area contributed by atoms with Gasteiger partial charge in [0.15, 0.2) is 6.29 Å². The summed E-state index contributed by atoms with van der Waals surface area (Å²) in [6, 6.07) is 0. The number of carbonyl (C=O) groups excluding carboxylic acids is 1. The third-order valence-electron chi connectivity index (χ3n) is 1.05. The number of hydrogen-bond donors (Lipinski definition) is 1. The molecule has 73 valence electrons. The fourth-order valence-corrected chi connectivity index (χ4v) is 0.663. The van der Waals surface area contributed by atoms with Crippen molar-refractivity contribution >= 4 is 6.41 Å². The predicted octanol–water partition coefficient (Wildman–Crippen LogP) is 0.0398. The molecule has 1 N–H and O–H groups in total. The van der Waals surface area contributed by atoms with E-state index in [0.717, 1.165) is 0 Å². The molecule has 0 fully saturated rings. The first-order valence-electron chi connectivity index (χ1n) is 3.68. The van der Waals surface area contributed by atoms with Gasteiger partial charge >= 0.3 is 0 Å². The van der Waals surface area contributed by atoms with Gasteiger partial charge in [0.1, 0.15) is 0 Å². The molecule has 5 heteroatoms. The van der Waals surface area contributed by atoms with Gasteiger partial charge < -0.3 is 19.6 Å². The van der Waals surface area contributed by atoms with Crippen LogP contribution in [0, 0.1) is 0 Å². The van der Waals surface area contributed by atoms with E-state index < -0.39 is 0 Å². The molecule has 12 heavy (non-hydrogen) atoms. The summed E-state index contributed by atoms with van der Waals surface area (Å²) in [6.07, 6.45) is 1.21. The first-order chi connectivity index (χ1) is 5.35. The zero-order chi connectivity index (χ0) is 8.53. The van der Waals surface area contributed by atoms with Gasteiger partial charge in [-0.2, -0.15) is 6.41 Å². The minimum Gasteiger partial charge on any atom is -0.526 e. The van der Waals surface area contributed by atoms with E-state index >= 15 is 0 Å². The molecule has 0 unspecified atom stereocenters. The van der Waals surface area contributed by atoms with E-state index in [1.54, 1.807) is 6.41 Å². The van der Waals surface area contributed by atoms with E-state index in [0.29, 0.717) is 19.8 Å². The molecular formula is C7H14NO3Re-. The summed E-state index contributed by atoms with van der Waals surface area (Å²) in [7, 11) is 0. The summed E-state index contributed by atoms with van der Waals surface area (Å²) in [5.41, 5.74) is 0. The maximum atomic E-state index is 9.77. The van der Waals surface area contributed by atoms with Gasteiger partial charge in [-0.15, -0.1) is 0 Å². The fourth-order valence-electron chi connectivity index (χ4n) is 0.663. The van der Waals surface area contributed by atoms with Crippen LogP contribution in [0.15, 0.2) is 0 Å². The standard InChI is InChI=1S/C7H14NO3.Re/c1-3-10-7(11-4-2)5-8-6-9;/h7H,3-5H2,1-2H3,(H,8,9);/q-1;. The quantitative estimate of drug-likeness (QED) is 0.402. The summed E-state index contributed by atoms with van der Waals surface area (Å²) in [5, 5.41) is 2.36. The SMILES string of the molecule is CCOC(CN[C-]=O)OCC.[Re]. The molecule has 0 spiro atoms. The van der Waals surface area contributed by atoms with Crippen molar-refractivity contribution in [3.63, 3.8) is 0 Å². The molecule has 0 bridgehead atoms. The summed E-state index contributed by atoms with van der Waals surface area (Å²) >= 11 is 0. The van der Waals surface area contributed by atoms with E-state index in [1.807, 2.05) is 13.8 Å². The second-order valence-corrected chi connectivity index (χ2v) is 1.82. The van der Waals surface area contributed by atoms with E-state index in [2.05, 4.69) is 5.32 Å². The van der Waals surface area contributed by atoms with Crippen LogP contribution in [-0.4, -0.2) is 32.5 Å². The molecule has 0 saturated carbocycles. The van der Waals surface area contributed by atoms with Crippen LogP contribution >= 0.6 is 0 Å². The number of amides is 1. The van der Waals surface area contributed by atoms with Gasteiger partial charge in [0.25, 0.3) is 0 Å². The van der Waals surface area contributed by atoms with Crippen molar-refractivity contribution in [3.05, 3.63) is 0 Å². The molecule has 0 aliphatic rings. The van der Waals surface area contributed by atoms with Crippen LogP contribution in [0.1, 0.15) is 13.8 Å².